The van der Waals surface area contributed by atoms with Gasteiger partial charge in [0.2, 0.25) is 0 Å². The summed E-state index contributed by atoms with van der Waals surface area (Å²) < 4.78 is 0.488. The molecule has 2 heterocycles. The second-order valence-electron chi connectivity index (χ2n) is 8.29. The molecule has 0 aromatic heterocycles. The van der Waals surface area contributed by atoms with E-state index in [4.69, 9.17) is 11.6 Å². The van der Waals surface area contributed by atoms with Crippen molar-refractivity contribution in [3.05, 3.63) is 40.1 Å². The standard InChI is InChI=1S/C22H31AsClN3/c1-25-12-14-26(15-13-25)10-4-5-11-27-20-7-3-2-6-18(20)22(23)19-9-8-17(24)16-21(19)27/h8-9,16,22H,2-7,10-15H2,1H3. The Morgan fingerprint density at radius 3 is 2.59 bits per heavy atom. The fourth-order valence-corrected chi connectivity index (χ4v) is 5.97. The number of piperazine rings is 1. The third kappa shape index (κ3) is 4.42. The van der Waals surface area contributed by atoms with Crippen LogP contribution in [0.15, 0.2) is 29.5 Å². The molecule has 2 radical (unpaired) electrons. The molecule has 1 saturated heterocycles. The second-order valence-corrected chi connectivity index (χ2v) is 9.81. The van der Waals surface area contributed by atoms with Crippen molar-refractivity contribution >= 4 is 34.1 Å². The van der Waals surface area contributed by atoms with Gasteiger partial charge in [0.1, 0.15) is 0 Å². The van der Waals surface area contributed by atoms with Crippen molar-refractivity contribution < 1.29 is 0 Å². The van der Waals surface area contributed by atoms with E-state index < -0.39 is 0 Å². The average Bonchev–Trinajstić information content (AvgIpc) is 2.68. The summed E-state index contributed by atoms with van der Waals surface area (Å²) in [6.07, 6.45) is 7.69. The molecule has 0 saturated carbocycles. The number of nitrogens with zero attached hydrogens (tertiary/aromatic N) is 3. The number of rotatable bonds is 5. The van der Waals surface area contributed by atoms with E-state index in [1.165, 1.54) is 82.5 Å². The molecule has 5 heteroatoms. The van der Waals surface area contributed by atoms with Crippen LogP contribution in [0.3, 0.4) is 0 Å². The van der Waals surface area contributed by atoms with Gasteiger partial charge >= 0.3 is 171 Å². The van der Waals surface area contributed by atoms with Crippen LogP contribution < -0.4 is 4.90 Å². The van der Waals surface area contributed by atoms with E-state index in [2.05, 4.69) is 56.8 Å². The van der Waals surface area contributed by atoms with Crippen LogP contribution in [0.5, 0.6) is 0 Å². The third-order valence-corrected chi connectivity index (χ3v) is 7.89. The number of unbranched alkanes of at least 4 members (excludes halogenated alkanes) is 1. The van der Waals surface area contributed by atoms with Crippen LogP contribution in [0.1, 0.15) is 48.8 Å². The number of benzene rings is 1. The first-order valence-electron chi connectivity index (χ1n) is 10.5. The summed E-state index contributed by atoms with van der Waals surface area (Å²) in [5.41, 5.74) is 6.06. The van der Waals surface area contributed by atoms with Gasteiger partial charge in [0.05, 0.1) is 0 Å². The summed E-state index contributed by atoms with van der Waals surface area (Å²) >= 11 is 9.30. The SMILES string of the molecule is CN1CCN(CCCCN2C3=C(CCCC3)C([As])c3ccc(Cl)cc32)CC1. The van der Waals surface area contributed by atoms with E-state index in [1.807, 2.05) is 0 Å². The van der Waals surface area contributed by atoms with Crippen LogP contribution >= 0.6 is 11.6 Å². The van der Waals surface area contributed by atoms with Crippen molar-refractivity contribution in [2.24, 2.45) is 0 Å². The van der Waals surface area contributed by atoms with E-state index >= 15 is 0 Å². The van der Waals surface area contributed by atoms with Gasteiger partial charge in [-0.1, -0.05) is 0 Å². The zero-order chi connectivity index (χ0) is 18.8. The van der Waals surface area contributed by atoms with Crippen LogP contribution in [0.4, 0.5) is 5.69 Å². The predicted octanol–water partition coefficient (Wildman–Crippen LogP) is 4.23. The number of fused-ring (bicyclic) bond motifs is 1. The Balaban J connectivity index is 1.43. The van der Waals surface area contributed by atoms with E-state index in [0.717, 1.165) is 11.6 Å². The first-order chi connectivity index (χ1) is 13.1. The fourth-order valence-electron chi connectivity index (χ4n) is 4.76. The number of hydrogen-bond acceptors (Lipinski definition) is 3. The van der Waals surface area contributed by atoms with Crippen molar-refractivity contribution in [3.63, 3.8) is 0 Å². The molecule has 146 valence electrons. The Morgan fingerprint density at radius 2 is 1.78 bits per heavy atom. The van der Waals surface area contributed by atoms with Crippen molar-refractivity contribution in [2.45, 2.75) is 43.2 Å². The Morgan fingerprint density at radius 1 is 1.04 bits per heavy atom. The molecule has 1 atom stereocenters. The number of allylic oxidation sites excluding steroid dienone is 2. The van der Waals surface area contributed by atoms with E-state index in [1.54, 1.807) is 11.3 Å². The summed E-state index contributed by atoms with van der Waals surface area (Å²) in [6.45, 7) is 7.24. The van der Waals surface area contributed by atoms with Gasteiger partial charge in [0, 0.05) is 0 Å². The summed E-state index contributed by atoms with van der Waals surface area (Å²) in [6, 6.07) is 6.49. The third-order valence-electron chi connectivity index (χ3n) is 6.42. The van der Waals surface area contributed by atoms with Gasteiger partial charge in [-0.15, -0.1) is 0 Å². The van der Waals surface area contributed by atoms with Crippen LogP contribution in [-0.2, 0) is 0 Å². The molecule has 0 amide bonds. The Labute approximate surface area is 178 Å². The van der Waals surface area contributed by atoms with Crippen molar-refractivity contribution in [3.8, 4) is 0 Å². The summed E-state index contributed by atoms with van der Waals surface area (Å²) in [5.74, 6) is 0. The second kappa shape index (κ2) is 8.91. The van der Waals surface area contributed by atoms with Crippen molar-refractivity contribution in [2.75, 3.05) is 51.2 Å². The van der Waals surface area contributed by atoms with Crippen molar-refractivity contribution in [1.82, 2.24) is 9.80 Å². The zero-order valence-electron chi connectivity index (χ0n) is 16.5. The molecule has 4 rings (SSSR count). The normalized spacial score (nSPS) is 24.1. The first-order valence-corrected chi connectivity index (χ1v) is 12.0. The number of halogens is 1. The Kier molecular flexibility index (Phi) is 6.54. The topological polar surface area (TPSA) is 9.72 Å². The molecule has 1 unspecified atom stereocenters. The quantitative estimate of drug-likeness (QED) is 0.494. The predicted molar refractivity (Wildman–Crippen MR) is 116 cm³/mol. The molecular formula is C22H31AsClN3. The van der Waals surface area contributed by atoms with Gasteiger partial charge in [0.25, 0.3) is 0 Å². The van der Waals surface area contributed by atoms with Gasteiger partial charge in [-0.05, 0) is 7.05 Å². The zero-order valence-corrected chi connectivity index (χ0v) is 19.1. The van der Waals surface area contributed by atoms with E-state index in [9.17, 15) is 0 Å². The molecule has 0 N–H and O–H groups in total. The Hall–Kier alpha value is -0.472. The van der Waals surface area contributed by atoms with Crippen LogP contribution in [0.25, 0.3) is 0 Å². The summed E-state index contributed by atoms with van der Waals surface area (Å²) in [5, 5.41) is 0.857. The van der Waals surface area contributed by atoms with Gasteiger partial charge in [0.15, 0.2) is 0 Å². The molecule has 1 aromatic rings. The summed E-state index contributed by atoms with van der Waals surface area (Å²) in [4.78, 5) is 7.68. The molecule has 0 spiro atoms. The van der Waals surface area contributed by atoms with Crippen LogP contribution in [0, 0.1) is 0 Å². The average molecular weight is 448 g/mol. The first kappa shape index (κ1) is 19.8. The number of likely N-dealkylation sites (N-methyl/N-ethyl adjacent to an activating group) is 1. The number of hydrogen-bond donors (Lipinski definition) is 0. The van der Waals surface area contributed by atoms with Gasteiger partial charge in [-0.25, -0.2) is 0 Å². The summed E-state index contributed by atoms with van der Waals surface area (Å²) in [7, 11) is 2.23. The monoisotopic (exact) mass is 447 g/mol. The van der Waals surface area contributed by atoms with Crippen LogP contribution in [0.2, 0.25) is 5.02 Å². The molecule has 0 bridgehead atoms. The molecule has 2 aliphatic heterocycles. The molecule has 3 aliphatic rings. The minimum absolute atomic E-state index is 0.488. The maximum absolute atomic E-state index is 6.38. The number of anilines is 1. The molecule has 1 fully saturated rings. The van der Waals surface area contributed by atoms with Crippen molar-refractivity contribution in [1.29, 1.82) is 0 Å². The van der Waals surface area contributed by atoms with E-state index in [-0.39, 0.29) is 0 Å². The molecular weight excluding hydrogens is 417 g/mol. The molecule has 3 nitrogen and oxygen atoms in total. The fraction of sp³-hybridized carbons (Fsp3) is 0.636. The molecule has 1 aromatic carbocycles. The van der Waals surface area contributed by atoms with E-state index in [0.29, 0.717) is 4.71 Å². The molecule has 1 aliphatic carbocycles. The van der Waals surface area contributed by atoms with Gasteiger partial charge in [-0.3, -0.25) is 0 Å². The van der Waals surface area contributed by atoms with Gasteiger partial charge in [-0.2, -0.15) is 0 Å². The maximum atomic E-state index is 6.38. The molecule has 27 heavy (non-hydrogen) atoms. The minimum atomic E-state index is 0.488. The van der Waals surface area contributed by atoms with Gasteiger partial charge < -0.3 is 0 Å². The van der Waals surface area contributed by atoms with Crippen LogP contribution in [-0.4, -0.2) is 73.0 Å². The Bertz CT molecular complexity index is 697.